The molecular formula is C10H14BrNO2. The van der Waals surface area contributed by atoms with Gasteiger partial charge in [0, 0.05) is 18.1 Å². The van der Waals surface area contributed by atoms with Crippen molar-refractivity contribution in [1.82, 2.24) is 5.32 Å². The summed E-state index contributed by atoms with van der Waals surface area (Å²) in [6.07, 6.45) is 1.66. The van der Waals surface area contributed by atoms with Gasteiger partial charge in [0.15, 0.2) is 0 Å². The van der Waals surface area contributed by atoms with Gasteiger partial charge in [-0.25, -0.2) is 0 Å². The second-order valence-electron chi connectivity index (χ2n) is 2.92. The second kappa shape index (κ2) is 6.01. The quantitative estimate of drug-likeness (QED) is 0.853. The molecule has 0 radical (unpaired) electrons. The van der Waals surface area contributed by atoms with Crippen molar-refractivity contribution < 1.29 is 9.15 Å². The molecular weight excluding hydrogens is 246 g/mol. The Hall–Kier alpha value is -0.580. The lowest BCUT2D eigenvalue weighted by molar-refractivity contribution is 0.159. The lowest BCUT2D eigenvalue weighted by Gasteiger charge is -2.14. The van der Waals surface area contributed by atoms with E-state index in [4.69, 9.17) is 9.15 Å². The van der Waals surface area contributed by atoms with Crippen LogP contribution in [0.5, 0.6) is 0 Å². The summed E-state index contributed by atoms with van der Waals surface area (Å²) in [5, 5.41) is 3.26. The molecule has 0 bridgehead atoms. The van der Waals surface area contributed by atoms with Gasteiger partial charge in [0.05, 0.1) is 18.9 Å². The molecule has 0 spiro atoms. The van der Waals surface area contributed by atoms with E-state index in [1.807, 2.05) is 12.1 Å². The smallest absolute Gasteiger partial charge is 0.123 e. The maximum absolute atomic E-state index is 5.29. The Morgan fingerprint density at radius 2 is 2.57 bits per heavy atom. The normalized spacial score (nSPS) is 12.7. The summed E-state index contributed by atoms with van der Waals surface area (Å²) in [7, 11) is 1.67. The fraction of sp³-hybridized carbons (Fsp3) is 0.400. The number of methoxy groups -OCH3 is 1. The zero-order chi connectivity index (χ0) is 10.4. The van der Waals surface area contributed by atoms with Crippen LogP contribution >= 0.6 is 15.9 Å². The summed E-state index contributed by atoms with van der Waals surface area (Å²) in [5.74, 6) is 0.876. The molecule has 3 nitrogen and oxygen atoms in total. The van der Waals surface area contributed by atoms with Crippen molar-refractivity contribution in [1.29, 1.82) is 0 Å². The van der Waals surface area contributed by atoms with E-state index in [0.717, 1.165) is 10.2 Å². The van der Waals surface area contributed by atoms with E-state index in [1.54, 1.807) is 13.4 Å². The highest BCUT2D eigenvalue weighted by Gasteiger charge is 2.12. The van der Waals surface area contributed by atoms with Crippen LogP contribution in [0.2, 0.25) is 0 Å². The van der Waals surface area contributed by atoms with Crippen molar-refractivity contribution in [3.63, 3.8) is 0 Å². The number of nitrogens with one attached hydrogen (secondary N) is 1. The van der Waals surface area contributed by atoms with Crippen molar-refractivity contribution >= 4 is 15.9 Å². The molecule has 0 saturated carbocycles. The van der Waals surface area contributed by atoms with Gasteiger partial charge in [0.25, 0.3) is 0 Å². The van der Waals surface area contributed by atoms with Crippen molar-refractivity contribution in [2.75, 3.05) is 20.3 Å². The summed E-state index contributed by atoms with van der Waals surface area (Å²) in [5.41, 5.74) is 0. The minimum Gasteiger partial charge on any atom is -0.468 e. The lowest BCUT2D eigenvalue weighted by Crippen LogP contribution is -2.25. The maximum Gasteiger partial charge on any atom is 0.123 e. The van der Waals surface area contributed by atoms with E-state index in [0.29, 0.717) is 13.2 Å². The van der Waals surface area contributed by atoms with Crippen LogP contribution in [0.4, 0.5) is 0 Å². The van der Waals surface area contributed by atoms with Crippen LogP contribution in [0.15, 0.2) is 33.9 Å². The summed E-state index contributed by atoms with van der Waals surface area (Å²) < 4.78 is 11.3. The number of rotatable bonds is 6. The highest BCUT2D eigenvalue weighted by molar-refractivity contribution is 9.11. The zero-order valence-electron chi connectivity index (χ0n) is 8.13. The molecule has 14 heavy (non-hydrogen) atoms. The molecule has 1 heterocycles. The number of hydrogen-bond acceptors (Lipinski definition) is 3. The molecule has 0 aliphatic carbocycles. The van der Waals surface area contributed by atoms with Crippen molar-refractivity contribution in [2.45, 2.75) is 6.04 Å². The van der Waals surface area contributed by atoms with Gasteiger partial charge in [-0.2, -0.15) is 0 Å². The van der Waals surface area contributed by atoms with Crippen LogP contribution in [0.25, 0.3) is 0 Å². The fourth-order valence-electron chi connectivity index (χ4n) is 1.13. The van der Waals surface area contributed by atoms with E-state index in [2.05, 4.69) is 27.8 Å². The van der Waals surface area contributed by atoms with Gasteiger partial charge in [-0.05, 0) is 12.1 Å². The molecule has 1 aromatic heterocycles. The Bertz CT molecular complexity index is 272. The van der Waals surface area contributed by atoms with Crippen LogP contribution in [-0.4, -0.2) is 20.3 Å². The summed E-state index contributed by atoms with van der Waals surface area (Å²) in [4.78, 5) is 0. The first kappa shape index (κ1) is 11.5. The Balaban J connectivity index is 2.51. The average Bonchev–Trinajstić information content (AvgIpc) is 2.64. The highest BCUT2D eigenvalue weighted by atomic mass is 79.9. The van der Waals surface area contributed by atoms with Crippen LogP contribution in [-0.2, 0) is 4.74 Å². The molecule has 1 atom stereocenters. The topological polar surface area (TPSA) is 34.4 Å². The molecule has 0 aromatic carbocycles. The molecule has 0 amide bonds. The molecule has 1 aromatic rings. The molecule has 4 heteroatoms. The third-order valence-corrected chi connectivity index (χ3v) is 2.04. The number of ether oxygens (including phenoxy) is 1. The predicted molar refractivity (Wildman–Crippen MR) is 59.4 cm³/mol. The third kappa shape index (κ3) is 3.65. The SMILES string of the molecule is C=C(Br)CNC(COC)c1ccco1. The average molecular weight is 260 g/mol. The zero-order valence-corrected chi connectivity index (χ0v) is 9.71. The van der Waals surface area contributed by atoms with Crippen LogP contribution in [0.1, 0.15) is 11.8 Å². The first-order chi connectivity index (χ1) is 6.74. The summed E-state index contributed by atoms with van der Waals surface area (Å²) in [6.45, 7) is 5.02. The maximum atomic E-state index is 5.29. The molecule has 0 aliphatic rings. The van der Waals surface area contributed by atoms with Gasteiger partial charge in [-0.1, -0.05) is 22.5 Å². The van der Waals surface area contributed by atoms with Crippen LogP contribution in [0.3, 0.4) is 0 Å². The Morgan fingerprint density at radius 3 is 3.07 bits per heavy atom. The standard InChI is InChI=1S/C10H14BrNO2/c1-8(11)6-12-9(7-13-2)10-4-3-5-14-10/h3-5,9,12H,1,6-7H2,2H3. The van der Waals surface area contributed by atoms with E-state index >= 15 is 0 Å². The van der Waals surface area contributed by atoms with E-state index in [1.165, 1.54) is 0 Å². The first-order valence-corrected chi connectivity index (χ1v) is 5.12. The largest absolute Gasteiger partial charge is 0.468 e. The van der Waals surface area contributed by atoms with Crippen molar-refractivity contribution in [2.24, 2.45) is 0 Å². The molecule has 0 saturated heterocycles. The van der Waals surface area contributed by atoms with Gasteiger partial charge >= 0.3 is 0 Å². The summed E-state index contributed by atoms with van der Waals surface area (Å²) in [6, 6.07) is 3.86. The minimum absolute atomic E-state index is 0.0734. The minimum atomic E-state index is 0.0734. The highest BCUT2D eigenvalue weighted by Crippen LogP contribution is 2.14. The van der Waals surface area contributed by atoms with E-state index in [-0.39, 0.29) is 6.04 Å². The van der Waals surface area contributed by atoms with Gasteiger partial charge in [-0.15, -0.1) is 0 Å². The van der Waals surface area contributed by atoms with Gasteiger partial charge < -0.3 is 14.5 Å². The van der Waals surface area contributed by atoms with Gasteiger partial charge in [0.2, 0.25) is 0 Å². The molecule has 1 N–H and O–H groups in total. The lowest BCUT2D eigenvalue weighted by atomic mass is 10.2. The Labute approximate surface area is 92.3 Å². The van der Waals surface area contributed by atoms with Gasteiger partial charge in [0.1, 0.15) is 5.76 Å². The Kier molecular flexibility index (Phi) is 4.93. The van der Waals surface area contributed by atoms with Crippen LogP contribution < -0.4 is 5.32 Å². The molecule has 0 fully saturated rings. The summed E-state index contributed by atoms with van der Waals surface area (Å²) >= 11 is 3.29. The third-order valence-electron chi connectivity index (χ3n) is 1.76. The number of hydrogen-bond donors (Lipinski definition) is 1. The molecule has 1 unspecified atom stereocenters. The van der Waals surface area contributed by atoms with E-state index < -0.39 is 0 Å². The number of halogens is 1. The van der Waals surface area contributed by atoms with Crippen molar-refractivity contribution in [3.05, 3.63) is 35.2 Å². The predicted octanol–water partition coefficient (Wildman–Crippen LogP) is 2.47. The molecule has 78 valence electrons. The first-order valence-electron chi connectivity index (χ1n) is 4.33. The molecule has 1 rings (SSSR count). The second-order valence-corrected chi connectivity index (χ2v) is 4.04. The van der Waals surface area contributed by atoms with E-state index in [9.17, 15) is 0 Å². The monoisotopic (exact) mass is 259 g/mol. The van der Waals surface area contributed by atoms with Crippen molar-refractivity contribution in [3.8, 4) is 0 Å². The fourth-order valence-corrected chi connectivity index (χ4v) is 1.29. The Morgan fingerprint density at radius 1 is 1.79 bits per heavy atom. The van der Waals surface area contributed by atoms with Gasteiger partial charge in [-0.3, -0.25) is 0 Å². The van der Waals surface area contributed by atoms with Crippen LogP contribution in [0, 0.1) is 0 Å². The molecule has 0 aliphatic heterocycles. The number of furan rings is 1.